The molecule has 0 saturated carbocycles. The van der Waals surface area contributed by atoms with Crippen LogP contribution in [0.5, 0.6) is 5.75 Å². The number of aryl methyl sites for hydroxylation is 1. The van der Waals surface area contributed by atoms with Gasteiger partial charge in [0.15, 0.2) is 5.78 Å². The number of benzene rings is 2. The number of Topliss-reactive ketones (excluding diaryl/α,β-unsaturated/α-hetero) is 1. The molecule has 0 aliphatic heterocycles. The number of methoxy groups -OCH3 is 1. The van der Waals surface area contributed by atoms with E-state index in [0.29, 0.717) is 27.5 Å². The lowest BCUT2D eigenvalue weighted by Gasteiger charge is -2.09. The van der Waals surface area contributed by atoms with E-state index in [9.17, 15) is 9.18 Å². The fourth-order valence-corrected chi connectivity index (χ4v) is 2.12. The topological polar surface area (TPSA) is 26.3 Å². The molecule has 0 heterocycles. The number of ether oxygens (including phenoxy) is 1. The summed E-state index contributed by atoms with van der Waals surface area (Å²) in [6.07, 6.45) is 0.117. The van der Waals surface area contributed by atoms with Crippen LogP contribution in [0.3, 0.4) is 0 Å². The summed E-state index contributed by atoms with van der Waals surface area (Å²) in [6, 6.07) is 9.56. The van der Waals surface area contributed by atoms with Gasteiger partial charge in [0.1, 0.15) is 11.6 Å². The van der Waals surface area contributed by atoms with E-state index in [1.54, 1.807) is 37.3 Å². The summed E-state index contributed by atoms with van der Waals surface area (Å²) in [4.78, 5) is 12.2. The summed E-state index contributed by atoms with van der Waals surface area (Å²) in [5, 5.41) is 0.531. The third kappa shape index (κ3) is 3.17. The summed E-state index contributed by atoms with van der Waals surface area (Å²) >= 11 is 5.92. The first kappa shape index (κ1) is 14.5. The molecule has 0 atom stereocenters. The molecule has 0 aliphatic carbocycles. The van der Waals surface area contributed by atoms with Crippen molar-refractivity contribution in [2.45, 2.75) is 13.3 Å². The molecule has 2 nitrogen and oxygen atoms in total. The lowest BCUT2D eigenvalue weighted by Crippen LogP contribution is -2.06. The van der Waals surface area contributed by atoms with Gasteiger partial charge in [0.25, 0.3) is 0 Å². The first-order valence-corrected chi connectivity index (χ1v) is 6.51. The van der Waals surface area contributed by atoms with Crippen molar-refractivity contribution in [1.29, 1.82) is 0 Å². The van der Waals surface area contributed by atoms with Gasteiger partial charge < -0.3 is 4.74 Å². The zero-order chi connectivity index (χ0) is 14.7. The van der Waals surface area contributed by atoms with Crippen molar-refractivity contribution in [1.82, 2.24) is 0 Å². The fraction of sp³-hybridized carbons (Fsp3) is 0.188. The largest absolute Gasteiger partial charge is 0.496 e. The van der Waals surface area contributed by atoms with Crippen LogP contribution in [0, 0.1) is 12.7 Å². The molecule has 2 aromatic rings. The molecule has 104 valence electrons. The quantitative estimate of drug-likeness (QED) is 0.789. The van der Waals surface area contributed by atoms with Gasteiger partial charge >= 0.3 is 0 Å². The Hall–Kier alpha value is -1.87. The molecule has 0 saturated heterocycles. The lowest BCUT2D eigenvalue weighted by atomic mass is 10.0. The molecule has 2 rings (SSSR count). The predicted molar refractivity (Wildman–Crippen MR) is 77.2 cm³/mol. The first-order chi connectivity index (χ1) is 9.51. The minimum absolute atomic E-state index is 0.117. The van der Waals surface area contributed by atoms with Crippen molar-refractivity contribution >= 4 is 17.4 Å². The van der Waals surface area contributed by atoms with Crippen LogP contribution in [0.4, 0.5) is 4.39 Å². The molecule has 0 N–H and O–H groups in total. The van der Waals surface area contributed by atoms with E-state index in [-0.39, 0.29) is 18.0 Å². The third-order valence-corrected chi connectivity index (χ3v) is 3.32. The average Bonchev–Trinajstić information content (AvgIpc) is 2.42. The Morgan fingerprint density at radius 2 is 2.00 bits per heavy atom. The van der Waals surface area contributed by atoms with Crippen molar-refractivity contribution in [3.05, 3.63) is 63.9 Å². The molecular formula is C16H14ClFO2. The Bertz CT molecular complexity index is 653. The third-order valence-electron chi connectivity index (χ3n) is 3.09. The van der Waals surface area contributed by atoms with Gasteiger partial charge in [-0.1, -0.05) is 23.7 Å². The number of ketones is 1. The predicted octanol–water partition coefficient (Wildman–Crippen LogP) is 4.22. The van der Waals surface area contributed by atoms with Crippen LogP contribution >= 0.6 is 11.6 Å². The number of hydrogen-bond donors (Lipinski definition) is 0. The SMILES string of the molecule is COc1ccc(Cl)cc1CC(=O)c1ccc(C)c(F)c1. The summed E-state index contributed by atoms with van der Waals surface area (Å²) < 4.78 is 18.7. The van der Waals surface area contributed by atoms with Crippen molar-refractivity contribution in [3.63, 3.8) is 0 Å². The van der Waals surface area contributed by atoms with Crippen LogP contribution in [0.2, 0.25) is 5.02 Å². The van der Waals surface area contributed by atoms with Crippen molar-refractivity contribution < 1.29 is 13.9 Å². The lowest BCUT2D eigenvalue weighted by molar-refractivity contribution is 0.0991. The maximum Gasteiger partial charge on any atom is 0.167 e. The highest BCUT2D eigenvalue weighted by atomic mass is 35.5. The Labute approximate surface area is 122 Å². The molecule has 0 fully saturated rings. The molecule has 0 amide bonds. The minimum Gasteiger partial charge on any atom is -0.496 e. The molecule has 20 heavy (non-hydrogen) atoms. The molecule has 0 aromatic heterocycles. The maximum absolute atomic E-state index is 13.5. The highest BCUT2D eigenvalue weighted by Crippen LogP contribution is 2.24. The van der Waals surface area contributed by atoms with Gasteiger partial charge in [0, 0.05) is 22.6 Å². The molecule has 0 radical (unpaired) electrons. The zero-order valence-electron chi connectivity index (χ0n) is 11.2. The molecule has 0 unspecified atom stereocenters. The smallest absolute Gasteiger partial charge is 0.167 e. The Balaban J connectivity index is 2.27. The summed E-state index contributed by atoms with van der Waals surface area (Å²) in [5.41, 5.74) is 1.54. The van der Waals surface area contributed by atoms with Crippen molar-refractivity contribution in [2.75, 3.05) is 7.11 Å². The van der Waals surface area contributed by atoms with E-state index in [1.807, 2.05) is 0 Å². The molecular weight excluding hydrogens is 279 g/mol. The monoisotopic (exact) mass is 292 g/mol. The van der Waals surface area contributed by atoms with E-state index in [0.717, 1.165) is 0 Å². The van der Waals surface area contributed by atoms with Crippen LogP contribution in [-0.4, -0.2) is 12.9 Å². The highest BCUT2D eigenvalue weighted by molar-refractivity contribution is 6.30. The number of carbonyl (C=O) groups is 1. The molecule has 0 aliphatic rings. The van der Waals surface area contributed by atoms with Gasteiger partial charge in [0.05, 0.1) is 7.11 Å². The summed E-state index contributed by atoms with van der Waals surface area (Å²) in [5.74, 6) is 0.0358. The second-order valence-corrected chi connectivity index (χ2v) is 4.96. The number of halogens is 2. The number of rotatable bonds is 4. The van der Waals surface area contributed by atoms with Gasteiger partial charge in [-0.3, -0.25) is 4.79 Å². The average molecular weight is 293 g/mol. The second kappa shape index (κ2) is 6.06. The molecule has 4 heteroatoms. The summed E-state index contributed by atoms with van der Waals surface area (Å²) in [6.45, 7) is 1.66. The van der Waals surface area contributed by atoms with E-state index in [1.165, 1.54) is 13.2 Å². The van der Waals surface area contributed by atoms with E-state index in [4.69, 9.17) is 16.3 Å². The van der Waals surface area contributed by atoms with E-state index in [2.05, 4.69) is 0 Å². The Morgan fingerprint density at radius 1 is 1.25 bits per heavy atom. The van der Waals surface area contributed by atoms with Gasteiger partial charge in [-0.25, -0.2) is 4.39 Å². The van der Waals surface area contributed by atoms with Crippen molar-refractivity contribution in [3.8, 4) is 5.75 Å². The van der Waals surface area contributed by atoms with Crippen LogP contribution in [0.1, 0.15) is 21.5 Å². The summed E-state index contributed by atoms with van der Waals surface area (Å²) in [7, 11) is 1.53. The van der Waals surface area contributed by atoms with Crippen LogP contribution in [-0.2, 0) is 6.42 Å². The Kier molecular flexibility index (Phi) is 4.40. The normalized spacial score (nSPS) is 10.4. The van der Waals surface area contributed by atoms with Crippen LogP contribution < -0.4 is 4.74 Å². The Morgan fingerprint density at radius 3 is 2.65 bits per heavy atom. The van der Waals surface area contributed by atoms with E-state index < -0.39 is 0 Å². The maximum atomic E-state index is 13.5. The fourth-order valence-electron chi connectivity index (χ4n) is 1.93. The van der Waals surface area contributed by atoms with Crippen LogP contribution in [0.25, 0.3) is 0 Å². The van der Waals surface area contributed by atoms with E-state index >= 15 is 0 Å². The molecule has 0 spiro atoms. The number of carbonyl (C=O) groups excluding carboxylic acids is 1. The minimum atomic E-state index is -0.381. The van der Waals surface area contributed by atoms with Crippen LogP contribution in [0.15, 0.2) is 36.4 Å². The van der Waals surface area contributed by atoms with Gasteiger partial charge in [-0.05, 0) is 36.8 Å². The zero-order valence-corrected chi connectivity index (χ0v) is 12.0. The second-order valence-electron chi connectivity index (χ2n) is 4.52. The number of hydrogen-bond acceptors (Lipinski definition) is 2. The van der Waals surface area contributed by atoms with Gasteiger partial charge in [-0.15, -0.1) is 0 Å². The van der Waals surface area contributed by atoms with Gasteiger partial charge in [0.2, 0.25) is 0 Å². The standard InChI is InChI=1S/C16H14ClFO2/c1-10-3-4-11(8-14(10)18)15(19)9-12-7-13(17)5-6-16(12)20-2/h3-8H,9H2,1-2H3. The molecule has 0 bridgehead atoms. The van der Waals surface area contributed by atoms with Gasteiger partial charge in [-0.2, -0.15) is 0 Å². The first-order valence-electron chi connectivity index (χ1n) is 6.13. The molecule has 2 aromatic carbocycles. The highest BCUT2D eigenvalue weighted by Gasteiger charge is 2.13. The van der Waals surface area contributed by atoms with Crippen molar-refractivity contribution in [2.24, 2.45) is 0 Å².